The number of aliphatic hydroxyl groups excluding tert-OH is 1. The number of carbonyl (C=O) groups excluding carboxylic acids is 9. The molecule has 0 aliphatic carbocycles. The van der Waals surface area contributed by atoms with E-state index in [9.17, 15) is 48.3 Å². The van der Waals surface area contributed by atoms with Crippen LogP contribution in [0.5, 0.6) is 0 Å². The van der Waals surface area contributed by atoms with Crippen molar-refractivity contribution in [2.75, 3.05) is 18.8 Å². The highest BCUT2D eigenvalue weighted by Crippen LogP contribution is 2.20. The molecule has 19 nitrogen and oxygen atoms in total. The first kappa shape index (κ1) is 41.8. The first-order chi connectivity index (χ1) is 24.9. The summed E-state index contributed by atoms with van der Waals surface area (Å²) in [5.41, 5.74) is 11.4. The van der Waals surface area contributed by atoms with Crippen molar-refractivity contribution in [2.24, 2.45) is 11.7 Å². The second-order valence-corrected chi connectivity index (χ2v) is 13.3. The van der Waals surface area contributed by atoms with Crippen LogP contribution in [0.25, 0.3) is 0 Å². The standard InChI is InChI=1S/C34H49N9O10/c1-5-16(2)27-33(52)40-22(14-25(36)46)30(49)38-17(3)29(48)39-21(13-24(45)19-9-6-7-10-20(19)35)31(50)42-28(18(4)44)34(53)43-12-8-11-23(43)32(51)37-15-26(47)41-27/h6-7,9-10,16-18,21-23,27-28,44H,5,8,11-15,35H2,1-4H3,(H2,36,46)(H,37,51)(H,38,49)(H,39,48)(H,40,52)(H,41,47)(H,42,50)/t16-,17+,18-,21+,22+,23+,27+,28-/m1/s1. The Hall–Kier alpha value is -5.59. The number of amides is 8. The first-order valence-electron chi connectivity index (χ1n) is 17.4. The van der Waals surface area contributed by atoms with Gasteiger partial charge >= 0.3 is 0 Å². The molecule has 2 aliphatic heterocycles. The zero-order chi connectivity index (χ0) is 39.6. The molecule has 0 spiro atoms. The predicted octanol–water partition coefficient (Wildman–Crippen LogP) is -3.29. The third-order valence-corrected chi connectivity index (χ3v) is 9.19. The molecule has 1 aromatic carbocycles. The van der Waals surface area contributed by atoms with E-state index in [0.717, 1.165) is 4.90 Å². The number of hydrogen-bond acceptors (Lipinski definition) is 11. The van der Waals surface area contributed by atoms with E-state index in [-0.39, 0.29) is 24.2 Å². The van der Waals surface area contributed by atoms with Crippen molar-refractivity contribution in [3.63, 3.8) is 0 Å². The lowest BCUT2D eigenvalue weighted by Gasteiger charge is -2.31. The molecule has 19 heteroatoms. The van der Waals surface area contributed by atoms with E-state index in [0.29, 0.717) is 12.8 Å². The Balaban J connectivity index is 2.04. The van der Waals surface area contributed by atoms with Crippen LogP contribution in [0, 0.1) is 5.92 Å². The van der Waals surface area contributed by atoms with E-state index in [1.54, 1.807) is 26.0 Å². The Morgan fingerprint density at radius 2 is 1.47 bits per heavy atom. The number of nitrogen functional groups attached to an aromatic ring is 1. The number of carbonyl (C=O) groups is 9. The first-order valence-corrected chi connectivity index (χ1v) is 17.4. The minimum Gasteiger partial charge on any atom is -0.398 e. The van der Waals surface area contributed by atoms with Crippen LogP contribution >= 0.6 is 0 Å². The Morgan fingerprint density at radius 3 is 2.09 bits per heavy atom. The molecule has 11 N–H and O–H groups in total. The molecule has 0 saturated carbocycles. The second kappa shape index (κ2) is 18.8. The number of benzene rings is 1. The number of rotatable bonds is 8. The molecular formula is C34H49N9O10. The zero-order valence-corrected chi connectivity index (χ0v) is 30.1. The van der Waals surface area contributed by atoms with Gasteiger partial charge in [0.2, 0.25) is 47.3 Å². The highest BCUT2D eigenvalue weighted by molar-refractivity contribution is 6.05. The fourth-order valence-corrected chi connectivity index (χ4v) is 5.94. The van der Waals surface area contributed by atoms with Gasteiger partial charge in [-0.15, -0.1) is 0 Å². The Kier molecular flexibility index (Phi) is 14.8. The van der Waals surface area contributed by atoms with Gasteiger partial charge in [-0.1, -0.05) is 32.4 Å². The molecule has 2 saturated heterocycles. The van der Waals surface area contributed by atoms with Gasteiger partial charge in [0.05, 0.1) is 19.1 Å². The maximum atomic E-state index is 13.8. The molecule has 8 amide bonds. The van der Waals surface area contributed by atoms with E-state index in [4.69, 9.17) is 11.5 Å². The molecule has 0 aromatic heterocycles. The average molecular weight is 744 g/mol. The average Bonchev–Trinajstić information content (AvgIpc) is 3.60. The number of hydrogen-bond donors (Lipinski definition) is 9. The normalized spacial score (nSPS) is 26.7. The number of primary amides is 1. The lowest BCUT2D eigenvalue weighted by molar-refractivity contribution is -0.144. The smallest absolute Gasteiger partial charge is 0.248 e. The van der Waals surface area contributed by atoms with E-state index < -0.39 is 121 Å². The van der Waals surface area contributed by atoms with Crippen molar-refractivity contribution in [3.8, 4) is 0 Å². The zero-order valence-electron chi connectivity index (χ0n) is 30.1. The summed E-state index contributed by atoms with van der Waals surface area (Å²) >= 11 is 0. The lowest BCUT2D eigenvalue weighted by Crippen LogP contribution is -2.61. The van der Waals surface area contributed by atoms with Crippen molar-refractivity contribution in [2.45, 2.75) is 102 Å². The molecule has 0 radical (unpaired) electrons. The monoisotopic (exact) mass is 743 g/mol. The van der Waals surface area contributed by atoms with Gasteiger partial charge in [-0.2, -0.15) is 0 Å². The predicted molar refractivity (Wildman–Crippen MR) is 188 cm³/mol. The summed E-state index contributed by atoms with van der Waals surface area (Å²) in [5, 5.41) is 25.1. The SMILES string of the molecule is CC[C@@H](C)[C@@H]1NC(=O)CNC(=O)[C@@H]2CCCN2C(=O)[C@@H]([C@@H](C)O)NC(=O)[C@H](CC(=O)c2ccccc2N)NC(=O)[C@H](C)NC(=O)[C@H](CC(N)=O)NC1=O. The summed E-state index contributed by atoms with van der Waals surface area (Å²) in [6, 6.07) is -2.65. The number of nitrogens with zero attached hydrogens (tertiary/aromatic N) is 1. The molecule has 53 heavy (non-hydrogen) atoms. The molecule has 0 bridgehead atoms. The van der Waals surface area contributed by atoms with Crippen LogP contribution in [0.15, 0.2) is 24.3 Å². The van der Waals surface area contributed by atoms with Crippen LogP contribution in [0.4, 0.5) is 5.69 Å². The third-order valence-electron chi connectivity index (χ3n) is 9.19. The minimum absolute atomic E-state index is 0.0426. The summed E-state index contributed by atoms with van der Waals surface area (Å²) in [6.45, 7) is 5.36. The highest BCUT2D eigenvalue weighted by Gasteiger charge is 2.41. The molecule has 1 aromatic rings. The molecule has 290 valence electrons. The summed E-state index contributed by atoms with van der Waals surface area (Å²) in [4.78, 5) is 120. The number of aliphatic hydroxyl groups is 1. The topological polar surface area (TPSA) is 301 Å². The largest absolute Gasteiger partial charge is 0.398 e. The van der Waals surface area contributed by atoms with Crippen molar-refractivity contribution in [1.29, 1.82) is 0 Å². The number of Topliss-reactive ketones (excluding diaryl/α,β-unsaturated/α-hetero) is 1. The molecule has 8 atom stereocenters. The van der Waals surface area contributed by atoms with Gasteiger partial charge in [0.15, 0.2) is 5.78 Å². The van der Waals surface area contributed by atoms with Crippen molar-refractivity contribution >= 4 is 58.7 Å². The van der Waals surface area contributed by atoms with Crippen molar-refractivity contribution in [3.05, 3.63) is 29.8 Å². The molecule has 2 fully saturated rings. The van der Waals surface area contributed by atoms with Gasteiger partial charge in [-0.05, 0) is 44.7 Å². The van der Waals surface area contributed by atoms with Crippen LogP contribution in [-0.2, 0) is 38.4 Å². The Morgan fingerprint density at radius 1 is 0.849 bits per heavy atom. The summed E-state index contributed by atoms with van der Waals surface area (Å²) in [5.74, 6) is -8.34. The summed E-state index contributed by atoms with van der Waals surface area (Å²) in [6.07, 6.45) is -1.89. The molecule has 0 unspecified atom stereocenters. The van der Waals surface area contributed by atoms with Crippen LogP contribution in [0.3, 0.4) is 0 Å². The van der Waals surface area contributed by atoms with E-state index in [1.807, 2.05) is 0 Å². The van der Waals surface area contributed by atoms with Gasteiger partial charge in [-0.3, -0.25) is 43.2 Å². The van der Waals surface area contributed by atoms with E-state index >= 15 is 0 Å². The number of anilines is 1. The molecular weight excluding hydrogens is 694 g/mol. The molecule has 2 heterocycles. The second-order valence-electron chi connectivity index (χ2n) is 13.3. The maximum Gasteiger partial charge on any atom is 0.248 e. The van der Waals surface area contributed by atoms with Crippen LogP contribution in [0.2, 0.25) is 0 Å². The van der Waals surface area contributed by atoms with E-state index in [1.165, 1.54) is 26.0 Å². The quantitative estimate of drug-likeness (QED) is 0.0939. The van der Waals surface area contributed by atoms with Gasteiger partial charge in [0, 0.05) is 24.2 Å². The molecule has 2 aliphatic rings. The van der Waals surface area contributed by atoms with Crippen LogP contribution in [-0.4, -0.2) is 118 Å². The highest BCUT2D eigenvalue weighted by atomic mass is 16.3. The number of fused-ring (bicyclic) bond motifs is 1. The van der Waals surface area contributed by atoms with Gasteiger partial charge in [0.25, 0.3) is 0 Å². The minimum atomic E-state index is -1.68. The summed E-state index contributed by atoms with van der Waals surface area (Å²) < 4.78 is 0. The van der Waals surface area contributed by atoms with Crippen LogP contribution in [0.1, 0.15) is 70.2 Å². The maximum absolute atomic E-state index is 13.8. The summed E-state index contributed by atoms with van der Waals surface area (Å²) in [7, 11) is 0. The third kappa shape index (κ3) is 11.2. The number of para-hydroxylation sites is 1. The lowest BCUT2D eigenvalue weighted by atomic mass is 9.97. The molecule has 3 rings (SSSR count). The number of nitrogens with two attached hydrogens (primary N) is 2. The van der Waals surface area contributed by atoms with Gasteiger partial charge < -0.3 is 53.4 Å². The number of nitrogens with one attached hydrogen (secondary N) is 6. The fourth-order valence-electron chi connectivity index (χ4n) is 5.94. The Bertz CT molecular complexity index is 1600. The van der Waals surface area contributed by atoms with Crippen molar-refractivity contribution in [1.82, 2.24) is 36.8 Å². The van der Waals surface area contributed by atoms with Crippen molar-refractivity contribution < 1.29 is 48.3 Å². The van der Waals surface area contributed by atoms with Gasteiger partial charge in [-0.25, -0.2) is 0 Å². The number of ketones is 1. The van der Waals surface area contributed by atoms with E-state index in [2.05, 4.69) is 31.9 Å². The Labute approximate surface area is 306 Å². The van der Waals surface area contributed by atoms with Gasteiger partial charge in [0.1, 0.15) is 36.3 Å². The fraction of sp³-hybridized carbons (Fsp3) is 0.559. The van der Waals surface area contributed by atoms with Crippen LogP contribution < -0.4 is 43.4 Å².